The number of carbonyl (C=O) groups is 1. The highest BCUT2D eigenvalue weighted by atomic mass is 16.6. The van der Waals surface area contributed by atoms with E-state index in [0.717, 1.165) is 28.3 Å². The summed E-state index contributed by atoms with van der Waals surface area (Å²) in [5.74, 6) is 1.20. The summed E-state index contributed by atoms with van der Waals surface area (Å²) < 4.78 is 11.6. The van der Waals surface area contributed by atoms with E-state index in [1.54, 1.807) is 0 Å². The van der Waals surface area contributed by atoms with Crippen molar-refractivity contribution in [2.45, 2.75) is 46.1 Å². The van der Waals surface area contributed by atoms with E-state index in [1.165, 1.54) is 0 Å². The number of aliphatic carboxylic acids is 1. The van der Waals surface area contributed by atoms with Gasteiger partial charge in [-0.05, 0) is 50.6 Å². The summed E-state index contributed by atoms with van der Waals surface area (Å²) in [6.07, 6.45) is 0.769. The van der Waals surface area contributed by atoms with E-state index >= 15 is 0 Å². The Kier molecular flexibility index (Phi) is 8.02. The molecule has 0 unspecified atom stereocenters. The fraction of sp³-hybridized carbons (Fsp3) is 0.320. The third kappa shape index (κ3) is 6.97. The first-order valence-corrected chi connectivity index (χ1v) is 10.6. The monoisotopic (exact) mass is 436 g/mol. The number of hydrogen-bond donors (Lipinski definition) is 1. The number of nitrogens with zero attached hydrogens (tertiary/aromatic N) is 2. The molecule has 7 heteroatoms. The molecule has 0 amide bonds. The topological polar surface area (TPSA) is 94.2 Å². The Morgan fingerprint density at radius 3 is 2.50 bits per heavy atom. The van der Waals surface area contributed by atoms with Crippen LogP contribution in [0.1, 0.15) is 37.3 Å². The van der Waals surface area contributed by atoms with Crippen molar-refractivity contribution in [2.75, 3.05) is 6.61 Å². The number of rotatable bonds is 11. The van der Waals surface area contributed by atoms with E-state index in [0.29, 0.717) is 31.1 Å². The van der Waals surface area contributed by atoms with Crippen molar-refractivity contribution in [3.05, 3.63) is 71.6 Å². The minimum Gasteiger partial charge on any atom is -0.493 e. The van der Waals surface area contributed by atoms with E-state index < -0.39 is 5.97 Å². The maximum atomic E-state index is 11.1. The average Bonchev–Trinajstić information content (AvgIpc) is 3.14. The van der Waals surface area contributed by atoms with E-state index in [1.807, 2.05) is 75.4 Å². The molecule has 7 nitrogen and oxygen atoms in total. The molecule has 1 heterocycles. The maximum Gasteiger partial charge on any atom is 0.309 e. The molecule has 3 rings (SSSR count). The molecule has 2 aromatic carbocycles. The highest BCUT2D eigenvalue weighted by Crippen LogP contribution is 2.22. The van der Waals surface area contributed by atoms with Gasteiger partial charge in [-0.25, -0.2) is 4.98 Å². The quantitative estimate of drug-likeness (QED) is 0.333. The molecule has 1 N–H and O–H groups in total. The summed E-state index contributed by atoms with van der Waals surface area (Å²) in [5, 5.41) is 13.1. The van der Waals surface area contributed by atoms with Gasteiger partial charge in [0, 0.05) is 18.4 Å². The molecule has 0 aliphatic rings. The van der Waals surface area contributed by atoms with Gasteiger partial charge < -0.3 is 19.1 Å². The van der Waals surface area contributed by atoms with Gasteiger partial charge in [0.1, 0.15) is 17.6 Å². The Morgan fingerprint density at radius 1 is 1.12 bits per heavy atom. The van der Waals surface area contributed by atoms with Crippen molar-refractivity contribution in [3.8, 4) is 17.2 Å². The van der Waals surface area contributed by atoms with Gasteiger partial charge in [-0.15, -0.1) is 0 Å². The fourth-order valence-corrected chi connectivity index (χ4v) is 3.05. The van der Waals surface area contributed by atoms with Crippen LogP contribution in [0.2, 0.25) is 0 Å². The molecule has 32 heavy (non-hydrogen) atoms. The number of ether oxygens (including phenoxy) is 1. The lowest BCUT2D eigenvalue weighted by Crippen LogP contribution is -2.12. The Balaban J connectivity index is 1.54. The van der Waals surface area contributed by atoms with Crippen molar-refractivity contribution >= 4 is 11.7 Å². The predicted molar refractivity (Wildman–Crippen MR) is 122 cm³/mol. The Bertz CT molecular complexity index is 1040. The summed E-state index contributed by atoms with van der Waals surface area (Å²) in [6, 6.07) is 17.3. The van der Waals surface area contributed by atoms with Gasteiger partial charge in [-0.2, -0.15) is 0 Å². The van der Waals surface area contributed by atoms with Gasteiger partial charge >= 0.3 is 5.97 Å². The molecular weight excluding hydrogens is 408 g/mol. The van der Waals surface area contributed by atoms with Crippen LogP contribution in [0.25, 0.3) is 11.5 Å². The lowest BCUT2D eigenvalue weighted by molar-refractivity contribution is -0.135. The van der Waals surface area contributed by atoms with E-state index in [2.05, 4.69) is 10.1 Å². The first-order valence-electron chi connectivity index (χ1n) is 10.6. The molecule has 0 radical (unpaired) electrons. The third-order valence-corrected chi connectivity index (χ3v) is 4.60. The maximum absolute atomic E-state index is 11.1. The zero-order valence-corrected chi connectivity index (χ0v) is 18.6. The van der Waals surface area contributed by atoms with Crippen molar-refractivity contribution < 1.29 is 23.9 Å². The Hall–Kier alpha value is -3.61. The number of aromatic nitrogens is 1. The van der Waals surface area contributed by atoms with Crippen molar-refractivity contribution in [1.82, 2.24) is 4.98 Å². The fourth-order valence-electron chi connectivity index (χ4n) is 3.05. The van der Waals surface area contributed by atoms with E-state index in [-0.39, 0.29) is 12.5 Å². The lowest BCUT2D eigenvalue weighted by Gasteiger charge is -2.09. The molecule has 0 saturated heterocycles. The minimum absolute atomic E-state index is 0.105. The van der Waals surface area contributed by atoms with Crippen LogP contribution < -0.4 is 4.74 Å². The normalized spacial score (nSPS) is 11.6. The molecule has 168 valence electrons. The van der Waals surface area contributed by atoms with E-state index in [9.17, 15) is 4.79 Å². The smallest absolute Gasteiger partial charge is 0.309 e. The van der Waals surface area contributed by atoms with Crippen LogP contribution >= 0.6 is 0 Å². The third-order valence-electron chi connectivity index (χ3n) is 4.60. The Labute approximate surface area is 187 Å². The predicted octanol–water partition coefficient (Wildman–Crippen LogP) is 5.07. The molecule has 0 atom stereocenters. The van der Waals surface area contributed by atoms with Crippen LogP contribution in [0, 0.1) is 6.92 Å². The summed E-state index contributed by atoms with van der Waals surface area (Å²) in [7, 11) is 0. The summed E-state index contributed by atoms with van der Waals surface area (Å²) >= 11 is 0. The van der Waals surface area contributed by atoms with Gasteiger partial charge in [0.2, 0.25) is 5.89 Å². The Morgan fingerprint density at radius 2 is 1.84 bits per heavy atom. The van der Waals surface area contributed by atoms with Gasteiger partial charge in [-0.1, -0.05) is 35.5 Å². The number of aryl methyl sites for hydroxylation is 1. The van der Waals surface area contributed by atoms with Gasteiger partial charge in [0.05, 0.1) is 24.4 Å². The molecule has 0 bridgehead atoms. The van der Waals surface area contributed by atoms with Crippen LogP contribution in [0.3, 0.4) is 0 Å². The molecule has 0 aliphatic carbocycles. The number of oxime groups is 1. The second-order valence-electron chi connectivity index (χ2n) is 7.69. The SMILES string of the molecule is Cc1oc(-c2ccccc2)nc1CCOc1ccc(CC(CC(=O)O)=NOC(C)C)cc1. The van der Waals surface area contributed by atoms with Gasteiger partial charge in [0.25, 0.3) is 0 Å². The van der Waals surface area contributed by atoms with Crippen LogP contribution in [-0.2, 0) is 22.5 Å². The van der Waals surface area contributed by atoms with E-state index in [4.69, 9.17) is 19.1 Å². The average molecular weight is 437 g/mol. The summed E-state index contributed by atoms with van der Waals surface area (Å²) in [4.78, 5) is 20.9. The van der Waals surface area contributed by atoms with Crippen LogP contribution in [0.15, 0.2) is 64.2 Å². The molecule has 0 saturated carbocycles. The summed E-state index contributed by atoms with van der Waals surface area (Å²) in [5.41, 5.74) is 3.23. The number of oxazole rings is 1. The number of carboxylic acid groups (broad SMARTS) is 1. The molecule has 3 aromatic rings. The molecule has 0 spiro atoms. The highest BCUT2D eigenvalue weighted by molar-refractivity contribution is 5.99. The standard InChI is InChI=1S/C25H28N2O5/c1-17(2)32-27-21(16-24(28)29)15-19-9-11-22(12-10-19)30-14-13-23-18(3)31-25(26-23)20-7-5-4-6-8-20/h4-12,17H,13-16H2,1-3H3,(H,28,29). The summed E-state index contributed by atoms with van der Waals surface area (Å²) in [6.45, 7) is 6.06. The van der Waals surface area contributed by atoms with Crippen LogP contribution in [0.4, 0.5) is 0 Å². The second kappa shape index (κ2) is 11.1. The van der Waals surface area contributed by atoms with Crippen molar-refractivity contribution in [2.24, 2.45) is 5.16 Å². The zero-order chi connectivity index (χ0) is 22.9. The lowest BCUT2D eigenvalue weighted by atomic mass is 10.1. The zero-order valence-electron chi connectivity index (χ0n) is 18.6. The number of hydrogen-bond acceptors (Lipinski definition) is 6. The minimum atomic E-state index is -0.936. The largest absolute Gasteiger partial charge is 0.493 e. The number of carboxylic acids is 1. The van der Waals surface area contributed by atoms with Gasteiger partial charge in [-0.3, -0.25) is 4.79 Å². The molecule has 0 fully saturated rings. The first-order chi connectivity index (χ1) is 15.4. The van der Waals surface area contributed by atoms with Gasteiger partial charge in [0.15, 0.2) is 0 Å². The highest BCUT2D eigenvalue weighted by Gasteiger charge is 2.12. The first kappa shape index (κ1) is 23.1. The van der Waals surface area contributed by atoms with Crippen molar-refractivity contribution in [3.63, 3.8) is 0 Å². The van der Waals surface area contributed by atoms with Crippen molar-refractivity contribution in [1.29, 1.82) is 0 Å². The molecular formula is C25H28N2O5. The number of benzene rings is 2. The molecule has 0 aliphatic heterocycles. The van der Waals surface area contributed by atoms with Crippen LogP contribution in [0.5, 0.6) is 5.75 Å². The van der Waals surface area contributed by atoms with Crippen LogP contribution in [-0.4, -0.2) is 34.5 Å². The molecule has 1 aromatic heterocycles. The second-order valence-corrected chi connectivity index (χ2v) is 7.69.